The molecule has 1 atom stereocenters. The second-order valence-corrected chi connectivity index (χ2v) is 8.54. The average molecular weight is 446 g/mol. The predicted octanol–water partition coefficient (Wildman–Crippen LogP) is 1.65. The second kappa shape index (κ2) is 8.61. The summed E-state index contributed by atoms with van der Waals surface area (Å²) in [5.74, 6) is -0.874. The summed E-state index contributed by atoms with van der Waals surface area (Å²) in [6.07, 6.45) is 0.560. The monoisotopic (exact) mass is 446 g/mol. The Morgan fingerprint density at radius 3 is 2.81 bits per heavy atom. The Morgan fingerprint density at radius 1 is 1.28 bits per heavy atom. The number of hydrogen-bond acceptors (Lipinski definition) is 7. The number of amides is 1. The zero-order valence-corrected chi connectivity index (χ0v) is 18.1. The number of ether oxygens (including phenoxy) is 1. The van der Waals surface area contributed by atoms with Gasteiger partial charge in [-0.15, -0.1) is 0 Å². The normalized spacial score (nSPS) is 19.0. The van der Waals surface area contributed by atoms with Gasteiger partial charge in [0.1, 0.15) is 22.9 Å². The maximum absolute atomic E-state index is 13.9. The predicted molar refractivity (Wildman–Crippen MR) is 114 cm³/mol. The number of anilines is 1. The molecule has 2 aromatic rings. The summed E-state index contributed by atoms with van der Waals surface area (Å²) in [5, 5.41) is 23.9. The molecule has 9 nitrogen and oxygen atoms in total. The van der Waals surface area contributed by atoms with Crippen molar-refractivity contribution in [1.82, 2.24) is 14.9 Å². The van der Waals surface area contributed by atoms with Crippen molar-refractivity contribution in [3.8, 4) is 5.75 Å². The van der Waals surface area contributed by atoms with E-state index >= 15 is 0 Å². The number of aromatic nitrogens is 2. The summed E-state index contributed by atoms with van der Waals surface area (Å²) < 4.78 is 20.9. The second-order valence-electron chi connectivity index (χ2n) is 8.54. The van der Waals surface area contributed by atoms with Gasteiger partial charge in [0.05, 0.1) is 18.8 Å². The maximum Gasteiger partial charge on any atom is 0.296 e. The molecule has 3 N–H and O–H groups in total. The molecular weight excluding hydrogens is 419 g/mol. The van der Waals surface area contributed by atoms with E-state index in [9.17, 15) is 24.2 Å². The molecule has 1 amide bonds. The van der Waals surface area contributed by atoms with E-state index < -0.39 is 29.0 Å². The molecule has 1 unspecified atom stereocenters. The number of rotatable bonds is 5. The minimum atomic E-state index is -1.47. The summed E-state index contributed by atoms with van der Waals surface area (Å²) in [6.45, 7) is 4.63. The zero-order valence-electron chi connectivity index (χ0n) is 18.1. The number of aliphatic hydroxyl groups excluding tert-OH is 1. The number of halogens is 1. The first kappa shape index (κ1) is 22.4. The van der Waals surface area contributed by atoms with Crippen LogP contribution in [0, 0.1) is 5.82 Å². The van der Waals surface area contributed by atoms with E-state index in [-0.39, 0.29) is 24.7 Å². The number of nitrogens with zero attached hydrogens (tertiary/aromatic N) is 3. The molecule has 1 fully saturated rings. The fourth-order valence-electron chi connectivity index (χ4n) is 4.18. The number of carbonyl (C=O) groups excluding carboxylic acids is 1. The number of nitrogens with one attached hydrogen (secondary N) is 1. The van der Waals surface area contributed by atoms with Gasteiger partial charge in [0.2, 0.25) is 11.7 Å². The average Bonchev–Trinajstić information content (AvgIpc) is 2.75. The SMILES string of the molecule is CC1(C)OCCn2c1nc(C(O)NCc1ccc(F)cc1N1CCCCC1=O)c(O)c2=O. The summed E-state index contributed by atoms with van der Waals surface area (Å²) >= 11 is 0. The fraction of sp³-hybridized carbons (Fsp3) is 0.500. The van der Waals surface area contributed by atoms with E-state index in [0.717, 1.165) is 12.8 Å². The Hall–Kier alpha value is -2.82. The third-order valence-corrected chi connectivity index (χ3v) is 5.90. The van der Waals surface area contributed by atoms with Crippen LogP contribution in [-0.4, -0.2) is 38.8 Å². The molecule has 0 saturated carbocycles. The molecule has 0 aliphatic carbocycles. The van der Waals surface area contributed by atoms with Gasteiger partial charge in [-0.2, -0.15) is 0 Å². The summed E-state index contributed by atoms with van der Waals surface area (Å²) in [7, 11) is 0. The van der Waals surface area contributed by atoms with Gasteiger partial charge in [-0.05, 0) is 44.4 Å². The molecule has 1 aromatic heterocycles. The molecule has 1 saturated heterocycles. The van der Waals surface area contributed by atoms with Crippen LogP contribution in [0.2, 0.25) is 0 Å². The first-order valence-electron chi connectivity index (χ1n) is 10.7. The Morgan fingerprint density at radius 2 is 2.06 bits per heavy atom. The summed E-state index contributed by atoms with van der Waals surface area (Å²) in [5.41, 5.74) is -0.690. The topological polar surface area (TPSA) is 117 Å². The Bertz CT molecular complexity index is 1100. The minimum Gasteiger partial charge on any atom is -0.502 e. The molecular formula is C22H27FN4O5. The van der Waals surface area contributed by atoms with E-state index in [1.165, 1.54) is 22.8 Å². The van der Waals surface area contributed by atoms with Crippen LogP contribution in [-0.2, 0) is 28.2 Å². The van der Waals surface area contributed by atoms with Crippen molar-refractivity contribution in [3.63, 3.8) is 0 Å². The highest BCUT2D eigenvalue weighted by Crippen LogP contribution is 2.30. The van der Waals surface area contributed by atoms with Crippen LogP contribution in [0.25, 0.3) is 0 Å². The Labute approximate surface area is 184 Å². The van der Waals surface area contributed by atoms with Crippen LogP contribution < -0.4 is 15.8 Å². The van der Waals surface area contributed by atoms with E-state index in [1.54, 1.807) is 18.7 Å². The van der Waals surface area contributed by atoms with E-state index in [1.807, 2.05) is 0 Å². The molecule has 3 heterocycles. The first-order chi connectivity index (χ1) is 15.2. The summed E-state index contributed by atoms with van der Waals surface area (Å²) in [4.78, 5) is 30.8. The van der Waals surface area contributed by atoms with Gasteiger partial charge in [0.15, 0.2) is 6.23 Å². The van der Waals surface area contributed by atoms with Crippen molar-refractivity contribution in [1.29, 1.82) is 0 Å². The Kier molecular flexibility index (Phi) is 6.02. The van der Waals surface area contributed by atoms with Crippen LogP contribution in [0.15, 0.2) is 23.0 Å². The molecule has 4 rings (SSSR count). The number of carbonyl (C=O) groups is 1. The summed E-state index contributed by atoms with van der Waals surface area (Å²) in [6, 6.07) is 4.12. The van der Waals surface area contributed by atoms with Crippen molar-refractivity contribution < 1.29 is 24.1 Å². The van der Waals surface area contributed by atoms with Gasteiger partial charge in [-0.1, -0.05) is 6.07 Å². The van der Waals surface area contributed by atoms with Crippen LogP contribution in [0.5, 0.6) is 5.75 Å². The number of fused-ring (bicyclic) bond motifs is 1. The van der Waals surface area contributed by atoms with E-state index in [4.69, 9.17) is 4.74 Å². The highest BCUT2D eigenvalue weighted by molar-refractivity contribution is 5.94. The highest BCUT2D eigenvalue weighted by atomic mass is 19.1. The number of piperidine rings is 1. The van der Waals surface area contributed by atoms with Gasteiger partial charge in [-0.3, -0.25) is 19.5 Å². The number of aromatic hydroxyl groups is 1. The highest BCUT2D eigenvalue weighted by Gasteiger charge is 2.34. The van der Waals surface area contributed by atoms with Gasteiger partial charge in [-0.25, -0.2) is 9.37 Å². The molecule has 10 heteroatoms. The molecule has 0 spiro atoms. The van der Waals surface area contributed by atoms with Crippen molar-refractivity contribution >= 4 is 11.6 Å². The lowest BCUT2D eigenvalue weighted by atomic mass is 10.1. The van der Waals surface area contributed by atoms with Crippen LogP contribution in [0.1, 0.15) is 56.4 Å². The van der Waals surface area contributed by atoms with Crippen molar-refractivity contribution in [2.24, 2.45) is 0 Å². The maximum atomic E-state index is 13.9. The molecule has 172 valence electrons. The molecule has 0 radical (unpaired) electrons. The largest absolute Gasteiger partial charge is 0.502 e. The van der Waals surface area contributed by atoms with Crippen molar-refractivity contribution in [2.75, 3.05) is 18.1 Å². The van der Waals surface area contributed by atoms with E-state index in [2.05, 4.69) is 10.3 Å². The molecule has 2 aliphatic heterocycles. The molecule has 1 aromatic carbocycles. The quantitative estimate of drug-likeness (QED) is 0.598. The lowest BCUT2D eigenvalue weighted by Crippen LogP contribution is -2.42. The van der Waals surface area contributed by atoms with Gasteiger partial charge in [0, 0.05) is 19.5 Å². The van der Waals surface area contributed by atoms with E-state index in [0.29, 0.717) is 36.6 Å². The van der Waals surface area contributed by atoms with Crippen molar-refractivity contribution in [3.05, 3.63) is 51.5 Å². The smallest absolute Gasteiger partial charge is 0.296 e. The van der Waals surface area contributed by atoms with Gasteiger partial charge < -0.3 is 19.8 Å². The van der Waals surface area contributed by atoms with Crippen LogP contribution in [0.3, 0.4) is 0 Å². The van der Waals surface area contributed by atoms with Crippen LogP contribution >= 0.6 is 0 Å². The Balaban J connectivity index is 1.60. The molecule has 0 bridgehead atoms. The lowest BCUT2D eigenvalue weighted by Gasteiger charge is -2.33. The zero-order chi connectivity index (χ0) is 23.0. The fourth-order valence-corrected chi connectivity index (χ4v) is 4.18. The van der Waals surface area contributed by atoms with Gasteiger partial charge in [0.25, 0.3) is 5.56 Å². The lowest BCUT2D eigenvalue weighted by molar-refractivity contribution is -0.119. The number of benzene rings is 1. The van der Waals surface area contributed by atoms with Crippen LogP contribution in [0.4, 0.5) is 10.1 Å². The van der Waals surface area contributed by atoms with Gasteiger partial charge >= 0.3 is 0 Å². The number of hydrogen-bond donors (Lipinski definition) is 3. The standard InChI is InChI=1S/C22H27FN4O5/c1-22(2)21-25-17(18(29)20(31)27(21)9-10-32-22)19(30)24-12-13-6-7-14(23)11-15(13)26-8-4-3-5-16(26)28/h6-7,11,19,24,29-30H,3-5,8-10,12H2,1-2H3. The third kappa shape index (κ3) is 4.13. The number of aliphatic hydroxyl groups is 1. The minimum absolute atomic E-state index is 0.0555. The van der Waals surface area contributed by atoms with Crippen molar-refractivity contribution in [2.45, 2.75) is 58.0 Å². The first-order valence-corrected chi connectivity index (χ1v) is 10.7. The molecule has 2 aliphatic rings. The molecule has 32 heavy (non-hydrogen) atoms. The third-order valence-electron chi connectivity index (χ3n) is 5.90.